The van der Waals surface area contributed by atoms with Gasteiger partial charge in [0.2, 0.25) is 5.91 Å². The van der Waals surface area contributed by atoms with Gasteiger partial charge in [0.15, 0.2) is 0 Å². The highest BCUT2D eigenvalue weighted by Crippen LogP contribution is 2.16. The number of piperidine rings is 1. The molecule has 1 fully saturated rings. The molecule has 14 heavy (non-hydrogen) atoms. The molecule has 1 saturated heterocycles. The van der Waals surface area contributed by atoms with Crippen LogP contribution in [0, 0.1) is 5.92 Å². The summed E-state index contributed by atoms with van der Waals surface area (Å²) in [5.41, 5.74) is 5.72. The van der Waals surface area contributed by atoms with E-state index in [9.17, 15) is 4.79 Å². The fourth-order valence-corrected chi connectivity index (χ4v) is 1.99. The third-order valence-electron chi connectivity index (χ3n) is 2.75. The van der Waals surface area contributed by atoms with Crippen molar-refractivity contribution in [3.8, 4) is 0 Å². The number of hydrogen-bond donors (Lipinski definition) is 2. The van der Waals surface area contributed by atoms with Gasteiger partial charge in [-0.15, -0.1) is 0 Å². The average Bonchev–Trinajstić information content (AvgIpc) is 2.17. The van der Waals surface area contributed by atoms with Crippen molar-refractivity contribution in [3.63, 3.8) is 0 Å². The summed E-state index contributed by atoms with van der Waals surface area (Å²) in [5.74, 6) is 0.398. The number of hydrogen-bond acceptors (Lipinski definition) is 3. The lowest BCUT2D eigenvalue weighted by atomic mass is 9.96. The van der Waals surface area contributed by atoms with Gasteiger partial charge in [-0.25, -0.2) is 0 Å². The SMILES string of the molecule is CNC(=O)C1CCN(CC(C)N)CC1. The van der Waals surface area contributed by atoms with Crippen LogP contribution in [0.15, 0.2) is 0 Å². The van der Waals surface area contributed by atoms with E-state index < -0.39 is 0 Å². The van der Waals surface area contributed by atoms with Crippen LogP contribution >= 0.6 is 0 Å². The number of carbonyl (C=O) groups is 1. The topological polar surface area (TPSA) is 58.4 Å². The molecule has 0 aromatic rings. The summed E-state index contributed by atoms with van der Waals surface area (Å²) in [6, 6.07) is 0.228. The van der Waals surface area contributed by atoms with Crippen molar-refractivity contribution in [1.82, 2.24) is 10.2 Å². The van der Waals surface area contributed by atoms with Gasteiger partial charge in [0.25, 0.3) is 0 Å². The number of nitrogens with zero attached hydrogens (tertiary/aromatic N) is 1. The van der Waals surface area contributed by atoms with Crippen molar-refractivity contribution in [2.24, 2.45) is 11.7 Å². The van der Waals surface area contributed by atoms with Crippen LogP contribution in [0.25, 0.3) is 0 Å². The Bertz CT molecular complexity index is 186. The van der Waals surface area contributed by atoms with Gasteiger partial charge in [-0.3, -0.25) is 4.79 Å². The maximum absolute atomic E-state index is 11.3. The van der Waals surface area contributed by atoms with Gasteiger partial charge in [0.1, 0.15) is 0 Å². The molecule has 0 saturated carbocycles. The highest BCUT2D eigenvalue weighted by molar-refractivity contribution is 5.78. The van der Waals surface area contributed by atoms with E-state index in [-0.39, 0.29) is 17.9 Å². The molecule has 0 aliphatic carbocycles. The first kappa shape index (κ1) is 11.5. The van der Waals surface area contributed by atoms with Crippen LogP contribution in [0.4, 0.5) is 0 Å². The Morgan fingerprint density at radius 1 is 1.57 bits per heavy atom. The van der Waals surface area contributed by atoms with E-state index in [1.165, 1.54) is 0 Å². The molecule has 1 rings (SSSR count). The lowest BCUT2D eigenvalue weighted by molar-refractivity contribution is -0.125. The summed E-state index contributed by atoms with van der Waals surface area (Å²) in [6.45, 7) is 4.96. The normalized spacial score (nSPS) is 21.9. The van der Waals surface area contributed by atoms with E-state index in [4.69, 9.17) is 5.73 Å². The average molecular weight is 199 g/mol. The molecule has 1 unspecified atom stereocenters. The van der Waals surface area contributed by atoms with E-state index in [2.05, 4.69) is 10.2 Å². The monoisotopic (exact) mass is 199 g/mol. The molecular formula is C10H21N3O. The Kier molecular flexibility index (Phi) is 4.35. The van der Waals surface area contributed by atoms with Crippen molar-refractivity contribution in [2.75, 3.05) is 26.7 Å². The quantitative estimate of drug-likeness (QED) is 0.661. The predicted molar refractivity (Wildman–Crippen MR) is 56.9 cm³/mol. The number of carbonyl (C=O) groups excluding carboxylic acids is 1. The van der Waals surface area contributed by atoms with Crippen molar-refractivity contribution in [3.05, 3.63) is 0 Å². The van der Waals surface area contributed by atoms with E-state index >= 15 is 0 Å². The molecule has 0 bridgehead atoms. The van der Waals surface area contributed by atoms with Crippen molar-refractivity contribution >= 4 is 5.91 Å². The van der Waals surface area contributed by atoms with E-state index in [0.29, 0.717) is 0 Å². The fraction of sp³-hybridized carbons (Fsp3) is 0.900. The van der Waals surface area contributed by atoms with Gasteiger partial charge < -0.3 is 16.0 Å². The molecule has 4 heteroatoms. The van der Waals surface area contributed by atoms with Gasteiger partial charge in [0, 0.05) is 25.6 Å². The number of amides is 1. The lowest BCUT2D eigenvalue weighted by Gasteiger charge is -2.31. The molecular weight excluding hydrogens is 178 g/mol. The first-order valence-corrected chi connectivity index (χ1v) is 5.33. The summed E-state index contributed by atoms with van der Waals surface area (Å²) in [5, 5.41) is 2.71. The molecule has 0 aromatic carbocycles. The van der Waals surface area contributed by atoms with Gasteiger partial charge in [-0.1, -0.05) is 0 Å². The summed E-state index contributed by atoms with van der Waals surface area (Å²) in [4.78, 5) is 13.7. The molecule has 0 aromatic heterocycles. The summed E-state index contributed by atoms with van der Waals surface area (Å²) < 4.78 is 0. The molecule has 1 aliphatic heterocycles. The third-order valence-corrected chi connectivity index (χ3v) is 2.75. The maximum Gasteiger partial charge on any atom is 0.222 e. The summed E-state index contributed by atoms with van der Waals surface area (Å²) >= 11 is 0. The molecule has 1 aliphatic rings. The number of rotatable bonds is 3. The Morgan fingerprint density at radius 3 is 2.57 bits per heavy atom. The van der Waals surface area contributed by atoms with E-state index in [0.717, 1.165) is 32.5 Å². The zero-order valence-corrected chi connectivity index (χ0v) is 9.12. The van der Waals surface area contributed by atoms with Crippen LogP contribution in [0.2, 0.25) is 0 Å². The smallest absolute Gasteiger partial charge is 0.222 e. The van der Waals surface area contributed by atoms with Gasteiger partial charge in [-0.05, 0) is 32.9 Å². The molecule has 4 nitrogen and oxygen atoms in total. The van der Waals surface area contributed by atoms with Crippen LogP contribution in [-0.4, -0.2) is 43.5 Å². The zero-order valence-electron chi connectivity index (χ0n) is 9.12. The Labute approximate surface area is 85.8 Å². The van der Waals surface area contributed by atoms with Crippen molar-refractivity contribution < 1.29 is 4.79 Å². The molecule has 1 amide bonds. The Morgan fingerprint density at radius 2 is 2.14 bits per heavy atom. The predicted octanol–water partition coefficient (Wildman–Crippen LogP) is -0.208. The molecule has 1 heterocycles. The standard InChI is InChI=1S/C10H21N3O/c1-8(11)7-13-5-3-9(4-6-13)10(14)12-2/h8-9H,3-7,11H2,1-2H3,(H,12,14). The second kappa shape index (κ2) is 5.32. The van der Waals surface area contributed by atoms with Gasteiger partial charge >= 0.3 is 0 Å². The van der Waals surface area contributed by atoms with Gasteiger partial charge in [0.05, 0.1) is 0 Å². The highest BCUT2D eigenvalue weighted by atomic mass is 16.1. The highest BCUT2D eigenvalue weighted by Gasteiger charge is 2.24. The number of likely N-dealkylation sites (tertiary alicyclic amines) is 1. The molecule has 1 atom stereocenters. The number of nitrogens with two attached hydrogens (primary N) is 1. The van der Waals surface area contributed by atoms with Crippen LogP contribution < -0.4 is 11.1 Å². The summed E-state index contributed by atoms with van der Waals surface area (Å²) in [6.07, 6.45) is 1.93. The minimum atomic E-state index is 0.186. The van der Waals surface area contributed by atoms with Crippen LogP contribution in [0.1, 0.15) is 19.8 Å². The van der Waals surface area contributed by atoms with Crippen molar-refractivity contribution in [2.45, 2.75) is 25.8 Å². The minimum absolute atomic E-state index is 0.186. The van der Waals surface area contributed by atoms with E-state index in [1.54, 1.807) is 7.05 Å². The van der Waals surface area contributed by atoms with E-state index in [1.807, 2.05) is 6.92 Å². The summed E-state index contributed by atoms with van der Waals surface area (Å²) in [7, 11) is 1.71. The van der Waals surface area contributed by atoms with Crippen molar-refractivity contribution in [1.29, 1.82) is 0 Å². The van der Waals surface area contributed by atoms with Crippen LogP contribution in [-0.2, 0) is 4.79 Å². The largest absolute Gasteiger partial charge is 0.359 e. The van der Waals surface area contributed by atoms with Gasteiger partial charge in [-0.2, -0.15) is 0 Å². The Hall–Kier alpha value is -0.610. The molecule has 3 N–H and O–H groups in total. The minimum Gasteiger partial charge on any atom is -0.359 e. The van der Waals surface area contributed by atoms with Crippen LogP contribution in [0.3, 0.4) is 0 Å². The molecule has 0 radical (unpaired) electrons. The number of nitrogens with one attached hydrogen (secondary N) is 1. The third kappa shape index (κ3) is 3.27. The second-order valence-corrected chi connectivity index (χ2v) is 4.17. The maximum atomic E-state index is 11.3. The first-order chi connectivity index (χ1) is 6.63. The second-order valence-electron chi connectivity index (χ2n) is 4.17. The van der Waals surface area contributed by atoms with Crippen LogP contribution in [0.5, 0.6) is 0 Å². The zero-order chi connectivity index (χ0) is 10.6. The molecule has 0 spiro atoms. The first-order valence-electron chi connectivity index (χ1n) is 5.33. The Balaban J connectivity index is 2.27. The molecule has 82 valence electrons. The lowest BCUT2D eigenvalue weighted by Crippen LogP contribution is -2.43. The fourth-order valence-electron chi connectivity index (χ4n) is 1.99.